The lowest BCUT2D eigenvalue weighted by molar-refractivity contribution is 1.28. The summed E-state index contributed by atoms with van der Waals surface area (Å²) < 4.78 is 2.63. The molecule has 1 aromatic heterocycles. The van der Waals surface area contributed by atoms with Gasteiger partial charge in [-0.05, 0) is 109 Å². The molecule has 10 aromatic carbocycles. The van der Waals surface area contributed by atoms with E-state index in [0.717, 1.165) is 17.1 Å². The number of hydrogen-bond donors (Lipinski definition) is 0. The van der Waals surface area contributed by atoms with Crippen LogP contribution in [0.3, 0.4) is 0 Å². The normalized spacial score (nSPS) is 11.3. The maximum atomic E-state index is 2.45. The molecule has 0 fully saturated rings. The van der Waals surface area contributed by atoms with E-state index < -0.39 is 0 Å². The van der Waals surface area contributed by atoms with Crippen molar-refractivity contribution in [2.75, 3.05) is 4.90 Å². The number of fused-ring (bicyclic) bond motifs is 4. The van der Waals surface area contributed by atoms with Crippen molar-refractivity contribution in [3.63, 3.8) is 0 Å². The molecule has 1 nitrogen and oxygen atoms in total. The Morgan fingerprint density at radius 2 is 0.850 bits per heavy atom. The van der Waals surface area contributed by atoms with Crippen molar-refractivity contribution in [2.24, 2.45) is 0 Å². The Bertz CT molecular complexity index is 3310. The van der Waals surface area contributed by atoms with E-state index >= 15 is 0 Å². The molecule has 11 rings (SSSR count). The molecule has 0 saturated carbocycles. The Labute approximate surface area is 354 Å². The van der Waals surface area contributed by atoms with E-state index in [-0.39, 0.29) is 0 Å². The topological polar surface area (TPSA) is 3.24 Å². The molecule has 0 unspecified atom stereocenters. The monoisotopic (exact) mass is 781 g/mol. The highest BCUT2D eigenvalue weighted by Gasteiger charge is 2.23. The lowest BCUT2D eigenvalue weighted by atomic mass is 9.87. The smallest absolute Gasteiger partial charge is 0.0546 e. The van der Waals surface area contributed by atoms with E-state index in [2.05, 4.69) is 241 Å². The predicted molar refractivity (Wildman–Crippen MR) is 259 cm³/mol. The molecule has 0 aliphatic carbocycles. The summed E-state index contributed by atoms with van der Waals surface area (Å²) in [4.78, 5) is 2.45. The number of nitrogens with zero attached hydrogens (tertiary/aromatic N) is 1. The molecular weight excluding hydrogens is 743 g/mol. The standard InChI is InChI=1S/C58H39NS/c1-3-16-42(17-4-1)50-23-9-10-25-54(50)58-51(43-18-5-2-6-19-43)26-14-27-55(58)59(49-22-13-21-45(38-49)46-30-29-40-15-7-8-20-44(40)37-46)48-34-31-41(32-35-48)47-33-36-53-52-24-11-12-28-56(52)60-57(53)39-47/h1-39H. The Balaban J connectivity index is 1.12. The fourth-order valence-corrected chi connectivity index (χ4v) is 9.91. The minimum Gasteiger partial charge on any atom is -0.310 e. The van der Waals surface area contributed by atoms with Crippen LogP contribution < -0.4 is 4.90 Å². The van der Waals surface area contributed by atoms with Crippen molar-refractivity contribution in [2.45, 2.75) is 0 Å². The molecule has 0 N–H and O–H groups in total. The highest BCUT2D eigenvalue weighted by molar-refractivity contribution is 7.25. The minimum atomic E-state index is 1.08. The van der Waals surface area contributed by atoms with Gasteiger partial charge >= 0.3 is 0 Å². The van der Waals surface area contributed by atoms with Crippen LogP contribution in [-0.2, 0) is 0 Å². The van der Waals surface area contributed by atoms with Crippen molar-refractivity contribution in [1.29, 1.82) is 0 Å². The maximum Gasteiger partial charge on any atom is 0.0546 e. The first-order valence-corrected chi connectivity index (χ1v) is 21.3. The summed E-state index contributed by atoms with van der Waals surface area (Å²) in [5.74, 6) is 0. The SMILES string of the molecule is c1ccc(-c2ccccc2-c2c(-c3ccccc3)cccc2N(c2ccc(-c3ccc4c(c3)sc3ccccc34)cc2)c2cccc(-c3ccc4ccccc4c3)c2)cc1. The van der Waals surface area contributed by atoms with Crippen molar-refractivity contribution in [1.82, 2.24) is 0 Å². The summed E-state index contributed by atoms with van der Waals surface area (Å²) in [5.41, 5.74) is 15.1. The van der Waals surface area contributed by atoms with Crippen molar-refractivity contribution < 1.29 is 0 Å². The van der Waals surface area contributed by atoms with Crippen LogP contribution in [0.1, 0.15) is 0 Å². The first-order chi connectivity index (χ1) is 29.7. The molecule has 2 heteroatoms. The molecule has 0 spiro atoms. The van der Waals surface area contributed by atoms with Crippen LogP contribution in [0.25, 0.3) is 86.6 Å². The molecular formula is C58H39NS. The van der Waals surface area contributed by atoms with Gasteiger partial charge in [0.05, 0.1) is 5.69 Å². The van der Waals surface area contributed by atoms with Crippen molar-refractivity contribution >= 4 is 59.3 Å². The van der Waals surface area contributed by atoms with E-state index in [9.17, 15) is 0 Å². The van der Waals surface area contributed by atoms with Gasteiger partial charge in [0, 0.05) is 37.1 Å². The average Bonchev–Trinajstić information content (AvgIpc) is 3.70. The van der Waals surface area contributed by atoms with Crippen LogP contribution >= 0.6 is 11.3 Å². The Kier molecular flexibility index (Phi) is 9.11. The number of thiophene rings is 1. The van der Waals surface area contributed by atoms with Gasteiger partial charge in [-0.15, -0.1) is 11.3 Å². The quantitative estimate of drug-likeness (QED) is 0.148. The molecule has 60 heavy (non-hydrogen) atoms. The third kappa shape index (κ3) is 6.54. The Morgan fingerprint density at radius 1 is 0.283 bits per heavy atom. The van der Waals surface area contributed by atoms with Crippen LogP contribution in [0.2, 0.25) is 0 Å². The zero-order valence-electron chi connectivity index (χ0n) is 32.9. The molecule has 0 aliphatic heterocycles. The van der Waals surface area contributed by atoms with Gasteiger partial charge in [-0.25, -0.2) is 0 Å². The second-order valence-electron chi connectivity index (χ2n) is 15.3. The minimum absolute atomic E-state index is 1.08. The van der Waals surface area contributed by atoms with E-state index in [4.69, 9.17) is 0 Å². The van der Waals surface area contributed by atoms with Crippen LogP contribution in [-0.4, -0.2) is 0 Å². The van der Waals surface area contributed by atoms with Crippen LogP contribution in [0.4, 0.5) is 17.1 Å². The second-order valence-corrected chi connectivity index (χ2v) is 16.4. The number of anilines is 3. The lowest BCUT2D eigenvalue weighted by Gasteiger charge is -2.30. The number of benzene rings is 10. The molecule has 282 valence electrons. The molecule has 11 aromatic rings. The first-order valence-electron chi connectivity index (χ1n) is 20.5. The predicted octanol–water partition coefficient (Wildman–Crippen LogP) is 17.0. The van der Waals surface area contributed by atoms with E-state index in [0.29, 0.717) is 0 Å². The van der Waals surface area contributed by atoms with Gasteiger partial charge < -0.3 is 4.90 Å². The largest absolute Gasteiger partial charge is 0.310 e. The Morgan fingerprint density at radius 3 is 1.67 bits per heavy atom. The zero-order valence-corrected chi connectivity index (χ0v) is 33.7. The third-order valence-corrected chi connectivity index (χ3v) is 12.8. The van der Waals surface area contributed by atoms with Gasteiger partial charge in [0.1, 0.15) is 0 Å². The number of hydrogen-bond acceptors (Lipinski definition) is 2. The van der Waals surface area contributed by atoms with E-state index in [1.807, 2.05) is 11.3 Å². The summed E-state index contributed by atoms with van der Waals surface area (Å²) in [7, 11) is 0. The van der Waals surface area contributed by atoms with Gasteiger partial charge in [-0.1, -0.05) is 188 Å². The van der Waals surface area contributed by atoms with Crippen LogP contribution in [0, 0.1) is 0 Å². The fourth-order valence-electron chi connectivity index (χ4n) is 8.77. The molecule has 0 radical (unpaired) electrons. The van der Waals surface area contributed by atoms with Gasteiger partial charge in [0.2, 0.25) is 0 Å². The molecule has 0 aliphatic rings. The van der Waals surface area contributed by atoms with Crippen molar-refractivity contribution in [3.05, 3.63) is 237 Å². The van der Waals surface area contributed by atoms with E-state index in [1.54, 1.807) is 0 Å². The average molecular weight is 782 g/mol. The molecule has 0 saturated heterocycles. The van der Waals surface area contributed by atoms with Gasteiger partial charge in [-0.2, -0.15) is 0 Å². The van der Waals surface area contributed by atoms with E-state index in [1.165, 1.54) is 86.6 Å². The van der Waals surface area contributed by atoms with Gasteiger partial charge in [0.15, 0.2) is 0 Å². The molecule has 1 heterocycles. The summed E-state index contributed by atoms with van der Waals surface area (Å²) >= 11 is 1.86. The fraction of sp³-hybridized carbons (Fsp3) is 0. The summed E-state index contributed by atoms with van der Waals surface area (Å²) in [6, 6.07) is 86.3. The van der Waals surface area contributed by atoms with Crippen molar-refractivity contribution in [3.8, 4) is 55.6 Å². The third-order valence-electron chi connectivity index (χ3n) is 11.7. The lowest BCUT2D eigenvalue weighted by Crippen LogP contribution is -2.12. The highest BCUT2D eigenvalue weighted by atomic mass is 32.1. The van der Waals surface area contributed by atoms with Crippen LogP contribution in [0.5, 0.6) is 0 Å². The summed E-state index contributed by atoms with van der Waals surface area (Å²) in [6.45, 7) is 0. The van der Waals surface area contributed by atoms with Crippen LogP contribution in [0.15, 0.2) is 237 Å². The second kappa shape index (κ2) is 15.3. The number of rotatable bonds is 8. The maximum absolute atomic E-state index is 2.45. The highest BCUT2D eigenvalue weighted by Crippen LogP contribution is 2.48. The first kappa shape index (κ1) is 35.6. The zero-order chi connectivity index (χ0) is 39.8. The molecule has 0 bridgehead atoms. The summed E-state index contributed by atoms with van der Waals surface area (Å²) in [6.07, 6.45) is 0. The molecule has 0 amide bonds. The summed E-state index contributed by atoms with van der Waals surface area (Å²) in [5, 5.41) is 5.11. The van der Waals surface area contributed by atoms with Gasteiger partial charge in [0.25, 0.3) is 0 Å². The van der Waals surface area contributed by atoms with Gasteiger partial charge in [-0.3, -0.25) is 0 Å². The molecule has 0 atom stereocenters. The Hall–Kier alpha value is -7.52.